The largest absolute Gasteiger partial charge is 0.481 e. The van der Waals surface area contributed by atoms with Gasteiger partial charge < -0.3 is 24.7 Å². The summed E-state index contributed by atoms with van der Waals surface area (Å²) in [7, 11) is 0. The SMILES string of the molecule is C=CCN(C(=O)C1N([C@@H](CO)C(C)C)C(=O)[C@@H]2[C@@H](C(=O)O)[C@]3(C)OC12CC3C)C(C)(C)CC(C)(C)C. The number of hydrogen-bond donors (Lipinski definition) is 2. The molecule has 3 fully saturated rings. The Morgan fingerprint density at radius 1 is 1.28 bits per heavy atom. The van der Waals surface area contributed by atoms with Gasteiger partial charge in [-0.15, -0.1) is 6.58 Å². The Bertz CT molecular complexity index is 923. The number of carboxylic acid groups (broad SMARTS) is 1. The Labute approximate surface area is 216 Å². The molecule has 3 saturated heterocycles. The van der Waals surface area contributed by atoms with Crippen LogP contribution in [0.15, 0.2) is 12.7 Å². The van der Waals surface area contributed by atoms with E-state index in [-0.39, 0.29) is 36.3 Å². The summed E-state index contributed by atoms with van der Waals surface area (Å²) in [5.41, 5.74) is -2.95. The number of carbonyl (C=O) groups excluding carboxylic acids is 2. The average Bonchev–Trinajstić information content (AvgIpc) is 3.21. The molecule has 0 radical (unpaired) electrons. The van der Waals surface area contributed by atoms with E-state index in [9.17, 15) is 24.6 Å². The maximum absolute atomic E-state index is 14.7. The number of aliphatic hydroxyl groups excluding tert-OH is 1. The second-order valence-electron chi connectivity index (χ2n) is 13.6. The van der Waals surface area contributed by atoms with E-state index in [1.807, 2.05) is 34.6 Å². The molecule has 7 atom stereocenters. The highest BCUT2D eigenvalue weighted by molar-refractivity contribution is 5.98. The van der Waals surface area contributed by atoms with Crippen molar-refractivity contribution in [1.29, 1.82) is 0 Å². The summed E-state index contributed by atoms with van der Waals surface area (Å²) in [6, 6.07) is -1.66. The van der Waals surface area contributed by atoms with E-state index in [1.165, 1.54) is 4.90 Å². The van der Waals surface area contributed by atoms with E-state index in [1.54, 1.807) is 17.9 Å². The van der Waals surface area contributed by atoms with Crippen molar-refractivity contribution >= 4 is 17.8 Å². The minimum atomic E-state index is -1.26. The maximum Gasteiger partial charge on any atom is 0.310 e. The zero-order valence-corrected chi connectivity index (χ0v) is 23.5. The van der Waals surface area contributed by atoms with Gasteiger partial charge in [0.15, 0.2) is 0 Å². The molecule has 0 aromatic heterocycles. The molecule has 2 amide bonds. The third-order valence-electron chi connectivity index (χ3n) is 8.84. The number of likely N-dealkylation sites (tertiary alicyclic amines) is 1. The Kier molecular flexibility index (Phi) is 7.25. The molecule has 8 nitrogen and oxygen atoms in total. The van der Waals surface area contributed by atoms with Gasteiger partial charge in [-0.05, 0) is 50.9 Å². The molecule has 3 aliphatic heterocycles. The molecule has 3 aliphatic rings. The second kappa shape index (κ2) is 9.12. The summed E-state index contributed by atoms with van der Waals surface area (Å²) in [5.74, 6) is -4.10. The molecule has 2 bridgehead atoms. The normalized spacial score (nSPS) is 34.8. The first-order valence-electron chi connectivity index (χ1n) is 13.2. The predicted octanol–water partition coefficient (Wildman–Crippen LogP) is 3.33. The monoisotopic (exact) mass is 506 g/mol. The van der Waals surface area contributed by atoms with Crippen LogP contribution in [0.3, 0.4) is 0 Å². The summed E-state index contributed by atoms with van der Waals surface area (Å²) < 4.78 is 6.61. The number of ether oxygens (including phenoxy) is 1. The maximum atomic E-state index is 14.7. The fraction of sp³-hybridized carbons (Fsp3) is 0.821. The van der Waals surface area contributed by atoms with Gasteiger partial charge in [0, 0.05) is 12.1 Å². The molecule has 3 unspecified atom stereocenters. The van der Waals surface area contributed by atoms with Crippen molar-refractivity contribution in [2.24, 2.45) is 29.1 Å². The molecular formula is C28H46N2O6. The van der Waals surface area contributed by atoms with Crippen molar-refractivity contribution in [2.45, 2.75) is 104 Å². The minimum Gasteiger partial charge on any atom is -0.481 e. The first-order valence-corrected chi connectivity index (χ1v) is 13.2. The lowest BCUT2D eigenvalue weighted by molar-refractivity contribution is -0.163. The quantitative estimate of drug-likeness (QED) is 0.465. The molecule has 8 heteroatoms. The topological polar surface area (TPSA) is 107 Å². The van der Waals surface area contributed by atoms with Crippen LogP contribution in [-0.2, 0) is 19.1 Å². The molecular weight excluding hydrogens is 460 g/mol. The van der Waals surface area contributed by atoms with Crippen molar-refractivity contribution in [3.05, 3.63) is 12.7 Å². The van der Waals surface area contributed by atoms with Crippen molar-refractivity contribution < 1.29 is 29.3 Å². The first-order chi connectivity index (χ1) is 16.4. The lowest BCUT2D eigenvalue weighted by atomic mass is 9.62. The highest BCUT2D eigenvalue weighted by Gasteiger charge is 2.80. The number of carbonyl (C=O) groups is 3. The average molecular weight is 507 g/mol. The number of aliphatic carboxylic acids is 1. The predicted molar refractivity (Wildman–Crippen MR) is 137 cm³/mol. The number of aliphatic hydroxyl groups is 1. The van der Waals surface area contributed by atoms with Crippen molar-refractivity contribution in [3.8, 4) is 0 Å². The molecule has 0 aromatic rings. The van der Waals surface area contributed by atoms with Gasteiger partial charge in [0.05, 0.1) is 24.2 Å². The van der Waals surface area contributed by atoms with E-state index in [0.717, 1.165) is 0 Å². The van der Waals surface area contributed by atoms with E-state index in [0.29, 0.717) is 12.8 Å². The summed E-state index contributed by atoms with van der Waals surface area (Å²) in [6.45, 7) is 21.7. The van der Waals surface area contributed by atoms with Crippen LogP contribution in [0.25, 0.3) is 0 Å². The number of nitrogens with zero attached hydrogens (tertiary/aromatic N) is 2. The molecule has 1 spiro atoms. The van der Waals surface area contributed by atoms with Gasteiger partial charge in [-0.3, -0.25) is 14.4 Å². The van der Waals surface area contributed by atoms with E-state index in [2.05, 4.69) is 27.4 Å². The number of rotatable bonds is 9. The Morgan fingerprint density at radius 2 is 1.86 bits per heavy atom. The molecule has 0 saturated carbocycles. The van der Waals surface area contributed by atoms with Gasteiger partial charge in [0.25, 0.3) is 0 Å². The lowest BCUT2D eigenvalue weighted by Gasteiger charge is -2.47. The second-order valence-corrected chi connectivity index (χ2v) is 13.6. The highest BCUT2D eigenvalue weighted by Crippen LogP contribution is 2.65. The minimum absolute atomic E-state index is 0.0700. The zero-order valence-electron chi connectivity index (χ0n) is 23.5. The third-order valence-corrected chi connectivity index (χ3v) is 8.84. The molecule has 36 heavy (non-hydrogen) atoms. The number of fused-ring (bicyclic) bond motifs is 1. The van der Waals surface area contributed by atoms with Crippen LogP contribution in [0.4, 0.5) is 0 Å². The van der Waals surface area contributed by atoms with Crippen molar-refractivity contribution in [1.82, 2.24) is 9.80 Å². The Balaban J connectivity index is 2.22. The van der Waals surface area contributed by atoms with Crippen LogP contribution in [0.2, 0.25) is 0 Å². The lowest BCUT2D eigenvalue weighted by Crippen LogP contribution is -2.63. The van der Waals surface area contributed by atoms with Crippen molar-refractivity contribution in [3.63, 3.8) is 0 Å². The highest BCUT2D eigenvalue weighted by atomic mass is 16.5. The van der Waals surface area contributed by atoms with Gasteiger partial charge in [-0.1, -0.05) is 47.6 Å². The van der Waals surface area contributed by atoms with Gasteiger partial charge in [-0.25, -0.2) is 0 Å². The number of hydrogen-bond acceptors (Lipinski definition) is 5. The number of amides is 2. The van der Waals surface area contributed by atoms with Crippen LogP contribution in [-0.4, -0.2) is 79.8 Å². The van der Waals surface area contributed by atoms with E-state index < -0.39 is 52.5 Å². The van der Waals surface area contributed by atoms with Gasteiger partial charge in [0.1, 0.15) is 17.6 Å². The summed E-state index contributed by atoms with van der Waals surface area (Å²) in [5, 5.41) is 20.6. The zero-order chi connectivity index (χ0) is 27.6. The summed E-state index contributed by atoms with van der Waals surface area (Å²) in [6.07, 6.45) is 2.80. The van der Waals surface area contributed by atoms with Crippen LogP contribution >= 0.6 is 0 Å². The molecule has 0 aromatic carbocycles. The van der Waals surface area contributed by atoms with Crippen molar-refractivity contribution in [2.75, 3.05) is 13.2 Å². The third kappa shape index (κ3) is 4.18. The van der Waals surface area contributed by atoms with Crippen LogP contribution in [0.5, 0.6) is 0 Å². The van der Waals surface area contributed by atoms with Crippen LogP contribution in [0, 0.1) is 29.1 Å². The number of carboxylic acids is 1. The molecule has 3 rings (SSSR count). The smallest absolute Gasteiger partial charge is 0.310 e. The standard InChI is InChI=1S/C28H46N2O6/c1-11-12-29(26(8,9)15-25(5,6)7)23(33)21-28-13-17(4)27(10,36-28)20(24(34)35)19(28)22(32)30(21)18(14-31)16(2)3/h11,16-21,31H,1,12-15H2,2-10H3,(H,34,35)/t17?,18-,19-,20-,21?,27+,28?/m0/s1. The fourth-order valence-electron chi connectivity index (χ4n) is 7.61. The molecule has 0 aliphatic carbocycles. The van der Waals surface area contributed by atoms with Gasteiger partial charge in [0.2, 0.25) is 11.8 Å². The van der Waals surface area contributed by atoms with E-state index >= 15 is 0 Å². The Hall–Kier alpha value is -1.93. The van der Waals surface area contributed by atoms with Crippen LogP contribution < -0.4 is 0 Å². The van der Waals surface area contributed by atoms with Crippen LogP contribution in [0.1, 0.15) is 75.2 Å². The van der Waals surface area contributed by atoms with Gasteiger partial charge >= 0.3 is 5.97 Å². The molecule has 204 valence electrons. The molecule has 3 heterocycles. The summed E-state index contributed by atoms with van der Waals surface area (Å²) >= 11 is 0. The summed E-state index contributed by atoms with van der Waals surface area (Å²) in [4.78, 5) is 44.5. The fourth-order valence-corrected chi connectivity index (χ4v) is 7.61. The molecule has 2 N–H and O–H groups in total. The van der Waals surface area contributed by atoms with Gasteiger partial charge in [-0.2, -0.15) is 0 Å². The Morgan fingerprint density at radius 3 is 2.31 bits per heavy atom. The van der Waals surface area contributed by atoms with E-state index in [4.69, 9.17) is 4.74 Å². The first kappa shape index (κ1) is 28.6.